The van der Waals surface area contributed by atoms with Crippen molar-refractivity contribution in [2.75, 3.05) is 0 Å². The van der Waals surface area contributed by atoms with Crippen molar-refractivity contribution in [3.05, 3.63) is 53.6 Å². The predicted molar refractivity (Wildman–Crippen MR) is 64.5 cm³/mol. The van der Waals surface area contributed by atoms with Crippen molar-refractivity contribution >= 4 is 5.97 Å². The second kappa shape index (κ2) is 5.27. The molecule has 0 spiro atoms. The largest absolute Gasteiger partial charge is 0.486 e. The first-order valence-electron chi connectivity index (χ1n) is 5.40. The molecular weight excluding hydrogens is 232 g/mol. The number of rotatable bonds is 4. The zero-order valence-electron chi connectivity index (χ0n) is 9.83. The van der Waals surface area contributed by atoms with Gasteiger partial charge in [-0.2, -0.15) is 0 Å². The maximum absolute atomic E-state index is 10.7. The van der Waals surface area contributed by atoms with Crippen LogP contribution < -0.4 is 4.74 Å². The molecule has 0 bridgehead atoms. The number of hydrogen-bond acceptors (Lipinski definition) is 4. The Morgan fingerprint density at radius 2 is 2.00 bits per heavy atom. The molecule has 1 aromatic heterocycles. The summed E-state index contributed by atoms with van der Waals surface area (Å²) in [5, 5.41) is 8.75. The zero-order chi connectivity index (χ0) is 13.0. The highest BCUT2D eigenvalue weighted by molar-refractivity contribution is 5.87. The second-order valence-corrected chi connectivity index (χ2v) is 3.73. The molecule has 0 saturated carbocycles. The third-order valence-corrected chi connectivity index (χ3v) is 2.31. The third-order valence-electron chi connectivity index (χ3n) is 2.31. The molecule has 92 valence electrons. The maximum atomic E-state index is 10.7. The van der Waals surface area contributed by atoms with Gasteiger partial charge in [-0.3, -0.25) is 0 Å². The number of carboxylic acids is 1. The molecule has 1 aromatic carbocycles. The number of aromatic carboxylic acids is 1. The average Bonchev–Trinajstić information content (AvgIpc) is 2.37. The number of aryl methyl sites for hydroxylation is 1. The van der Waals surface area contributed by atoms with Crippen LogP contribution in [0.25, 0.3) is 0 Å². The van der Waals surface area contributed by atoms with Gasteiger partial charge in [0.1, 0.15) is 12.4 Å². The van der Waals surface area contributed by atoms with E-state index >= 15 is 0 Å². The summed E-state index contributed by atoms with van der Waals surface area (Å²) in [7, 11) is 0. The van der Waals surface area contributed by atoms with Crippen molar-refractivity contribution in [3.8, 4) is 5.75 Å². The molecule has 0 saturated heterocycles. The Balaban J connectivity index is 2.00. The van der Waals surface area contributed by atoms with Crippen molar-refractivity contribution in [1.82, 2.24) is 9.97 Å². The number of carbonyl (C=O) groups is 1. The van der Waals surface area contributed by atoms with Gasteiger partial charge in [0.25, 0.3) is 0 Å². The Bertz CT molecular complexity index is 552. The van der Waals surface area contributed by atoms with Gasteiger partial charge in [0.2, 0.25) is 0 Å². The van der Waals surface area contributed by atoms with E-state index in [0.717, 1.165) is 5.69 Å². The van der Waals surface area contributed by atoms with Gasteiger partial charge in [0.05, 0.1) is 5.56 Å². The quantitative estimate of drug-likeness (QED) is 0.891. The molecule has 2 rings (SSSR count). The van der Waals surface area contributed by atoms with Crippen LogP contribution in [0, 0.1) is 6.92 Å². The monoisotopic (exact) mass is 244 g/mol. The van der Waals surface area contributed by atoms with E-state index in [4.69, 9.17) is 9.84 Å². The molecule has 18 heavy (non-hydrogen) atoms. The number of carboxylic acid groups (broad SMARTS) is 1. The van der Waals surface area contributed by atoms with Gasteiger partial charge in [0.15, 0.2) is 5.82 Å². The molecule has 0 fully saturated rings. The highest BCUT2D eigenvalue weighted by Crippen LogP contribution is 2.13. The van der Waals surface area contributed by atoms with E-state index in [1.807, 2.05) is 13.0 Å². The number of ether oxygens (including phenoxy) is 1. The SMILES string of the molecule is Cc1ccnc(COc2ccc(C(=O)O)cc2)n1. The molecule has 0 aliphatic rings. The van der Waals surface area contributed by atoms with E-state index in [2.05, 4.69) is 9.97 Å². The Morgan fingerprint density at radius 3 is 2.61 bits per heavy atom. The normalized spacial score (nSPS) is 10.1. The fourth-order valence-electron chi connectivity index (χ4n) is 1.41. The molecule has 5 nitrogen and oxygen atoms in total. The Kier molecular flexibility index (Phi) is 3.52. The van der Waals surface area contributed by atoms with Crippen LogP contribution in [0.15, 0.2) is 36.5 Å². The summed E-state index contributed by atoms with van der Waals surface area (Å²) in [6.07, 6.45) is 1.68. The molecule has 0 radical (unpaired) electrons. The van der Waals surface area contributed by atoms with Crippen LogP contribution in [0.1, 0.15) is 21.9 Å². The predicted octanol–water partition coefficient (Wildman–Crippen LogP) is 2.06. The summed E-state index contributed by atoms with van der Waals surface area (Å²) in [5.41, 5.74) is 1.11. The van der Waals surface area contributed by atoms with Crippen LogP contribution in [-0.2, 0) is 6.61 Å². The fourth-order valence-corrected chi connectivity index (χ4v) is 1.41. The molecule has 2 aromatic rings. The van der Waals surface area contributed by atoms with E-state index < -0.39 is 5.97 Å². The lowest BCUT2D eigenvalue weighted by Gasteiger charge is -2.05. The van der Waals surface area contributed by atoms with Gasteiger partial charge in [-0.05, 0) is 37.3 Å². The summed E-state index contributed by atoms with van der Waals surface area (Å²) in [6.45, 7) is 2.14. The van der Waals surface area contributed by atoms with Crippen LogP contribution in [0.3, 0.4) is 0 Å². The van der Waals surface area contributed by atoms with Crippen molar-refractivity contribution < 1.29 is 14.6 Å². The van der Waals surface area contributed by atoms with Crippen LogP contribution in [-0.4, -0.2) is 21.0 Å². The summed E-state index contributed by atoms with van der Waals surface area (Å²) in [6, 6.07) is 8.02. The van der Waals surface area contributed by atoms with Crippen molar-refractivity contribution in [3.63, 3.8) is 0 Å². The first-order valence-corrected chi connectivity index (χ1v) is 5.40. The number of aromatic nitrogens is 2. The summed E-state index contributed by atoms with van der Waals surface area (Å²) in [5.74, 6) is 0.228. The van der Waals surface area contributed by atoms with E-state index in [-0.39, 0.29) is 12.2 Å². The molecule has 0 aliphatic heterocycles. The lowest BCUT2D eigenvalue weighted by molar-refractivity contribution is 0.0697. The van der Waals surface area contributed by atoms with Crippen LogP contribution in [0.4, 0.5) is 0 Å². The van der Waals surface area contributed by atoms with Crippen molar-refractivity contribution in [2.45, 2.75) is 13.5 Å². The van der Waals surface area contributed by atoms with E-state index in [1.54, 1.807) is 18.3 Å². The lowest BCUT2D eigenvalue weighted by Crippen LogP contribution is -2.02. The molecule has 0 atom stereocenters. The molecule has 1 heterocycles. The Labute approximate surface area is 104 Å². The first kappa shape index (κ1) is 12.0. The molecule has 0 unspecified atom stereocenters. The summed E-state index contributed by atoms with van der Waals surface area (Å²) >= 11 is 0. The minimum atomic E-state index is -0.955. The van der Waals surface area contributed by atoms with Crippen molar-refractivity contribution in [1.29, 1.82) is 0 Å². The molecule has 5 heteroatoms. The Morgan fingerprint density at radius 1 is 1.28 bits per heavy atom. The van der Waals surface area contributed by atoms with Gasteiger partial charge in [-0.25, -0.2) is 14.8 Å². The molecule has 1 N–H and O–H groups in total. The summed E-state index contributed by atoms with van der Waals surface area (Å²) < 4.78 is 5.46. The van der Waals surface area contributed by atoms with Gasteiger partial charge >= 0.3 is 5.97 Å². The third kappa shape index (κ3) is 3.04. The van der Waals surface area contributed by atoms with Crippen LogP contribution >= 0.6 is 0 Å². The minimum absolute atomic E-state index is 0.231. The van der Waals surface area contributed by atoms with E-state index in [1.165, 1.54) is 12.1 Å². The highest BCUT2D eigenvalue weighted by atomic mass is 16.5. The number of hydrogen-bond donors (Lipinski definition) is 1. The number of benzene rings is 1. The van der Waals surface area contributed by atoms with Crippen LogP contribution in [0.5, 0.6) is 5.75 Å². The maximum Gasteiger partial charge on any atom is 0.335 e. The van der Waals surface area contributed by atoms with Crippen LogP contribution in [0.2, 0.25) is 0 Å². The fraction of sp³-hybridized carbons (Fsp3) is 0.154. The second-order valence-electron chi connectivity index (χ2n) is 3.73. The topological polar surface area (TPSA) is 72.3 Å². The lowest BCUT2D eigenvalue weighted by atomic mass is 10.2. The van der Waals surface area contributed by atoms with Gasteiger partial charge in [0, 0.05) is 11.9 Å². The smallest absolute Gasteiger partial charge is 0.335 e. The zero-order valence-corrected chi connectivity index (χ0v) is 9.83. The highest BCUT2D eigenvalue weighted by Gasteiger charge is 2.03. The average molecular weight is 244 g/mol. The van der Waals surface area contributed by atoms with Gasteiger partial charge in [-0.15, -0.1) is 0 Å². The Hall–Kier alpha value is -2.43. The number of nitrogens with zero attached hydrogens (tertiary/aromatic N) is 2. The summed E-state index contributed by atoms with van der Waals surface area (Å²) in [4.78, 5) is 18.9. The molecule has 0 aliphatic carbocycles. The molecular formula is C13H12N2O3. The minimum Gasteiger partial charge on any atom is -0.486 e. The molecule has 0 amide bonds. The standard InChI is InChI=1S/C13H12N2O3/c1-9-6-7-14-12(15-9)8-18-11-4-2-10(3-5-11)13(16)17/h2-7H,8H2,1H3,(H,16,17). The van der Waals surface area contributed by atoms with Gasteiger partial charge < -0.3 is 9.84 Å². The van der Waals surface area contributed by atoms with Gasteiger partial charge in [-0.1, -0.05) is 0 Å². The van der Waals surface area contributed by atoms with E-state index in [0.29, 0.717) is 11.6 Å². The first-order chi connectivity index (χ1) is 8.65. The van der Waals surface area contributed by atoms with Crippen molar-refractivity contribution in [2.24, 2.45) is 0 Å². The van der Waals surface area contributed by atoms with E-state index in [9.17, 15) is 4.79 Å².